The molecule has 3 aromatic rings. The fourth-order valence-electron chi connectivity index (χ4n) is 2.40. The predicted octanol–water partition coefficient (Wildman–Crippen LogP) is 2.18. The molecule has 0 bridgehead atoms. The molecule has 0 atom stereocenters. The lowest BCUT2D eigenvalue weighted by molar-refractivity contribution is -0.119. The van der Waals surface area contributed by atoms with Crippen molar-refractivity contribution in [2.75, 3.05) is 30.9 Å². The molecule has 29 heavy (non-hydrogen) atoms. The summed E-state index contributed by atoms with van der Waals surface area (Å²) >= 11 is 2.64. The predicted molar refractivity (Wildman–Crippen MR) is 113 cm³/mol. The van der Waals surface area contributed by atoms with Gasteiger partial charge in [-0.3, -0.25) is 4.79 Å². The van der Waals surface area contributed by atoms with Crippen molar-refractivity contribution in [1.82, 2.24) is 4.98 Å². The number of rotatable bonds is 6. The first-order valence-electron chi connectivity index (χ1n) is 8.22. The van der Waals surface area contributed by atoms with Crippen LogP contribution in [0.15, 0.2) is 29.2 Å². The van der Waals surface area contributed by atoms with Gasteiger partial charge in [0.2, 0.25) is 10.0 Å². The number of ether oxygens (including phenoxy) is 1. The summed E-state index contributed by atoms with van der Waals surface area (Å²) in [6.07, 6.45) is 0. The molecule has 2 heterocycles. The second-order valence-corrected chi connectivity index (χ2v) is 9.89. The molecular formula is C17H18N4O5S3. The van der Waals surface area contributed by atoms with Crippen molar-refractivity contribution >= 4 is 64.9 Å². The van der Waals surface area contributed by atoms with Gasteiger partial charge in [-0.05, 0) is 30.7 Å². The Kier molecular flexibility index (Phi) is 5.89. The number of nitrogens with one attached hydrogen (secondary N) is 1. The summed E-state index contributed by atoms with van der Waals surface area (Å²) in [5.41, 5.74) is 0.693. The zero-order valence-corrected chi connectivity index (χ0v) is 18.2. The number of esters is 1. The molecule has 9 nitrogen and oxygen atoms in total. The maximum atomic E-state index is 12.2. The number of carbonyl (C=O) groups is 2. The van der Waals surface area contributed by atoms with E-state index >= 15 is 0 Å². The van der Waals surface area contributed by atoms with E-state index in [1.54, 1.807) is 13.0 Å². The lowest BCUT2D eigenvalue weighted by Crippen LogP contribution is -2.21. The zero-order valence-electron chi connectivity index (χ0n) is 15.8. The third-order valence-electron chi connectivity index (χ3n) is 3.77. The molecule has 0 spiro atoms. The molecule has 3 rings (SSSR count). The maximum Gasteiger partial charge on any atom is 0.348 e. The summed E-state index contributed by atoms with van der Waals surface area (Å²) in [5.74, 6) is -1.23. The number of anilines is 2. The topological polar surface area (TPSA) is 132 Å². The molecule has 1 amide bonds. The van der Waals surface area contributed by atoms with Crippen LogP contribution in [0.3, 0.4) is 0 Å². The number of primary sulfonamides is 1. The molecule has 3 N–H and O–H groups in total. The number of nitrogens with zero attached hydrogens (tertiary/aromatic N) is 2. The highest BCUT2D eigenvalue weighted by atomic mass is 32.2. The lowest BCUT2D eigenvalue weighted by atomic mass is 10.2. The molecule has 0 aliphatic carbocycles. The quantitative estimate of drug-likeness (QED) is 0.546. The highest BCUT2D eigenvalue weighted by Crippen LogP contribution is 2.34. The zero-order chi connectivity index (χ0) is 21.3. The summed E-state index contributed by atoms with van der Waals surface area (Å²) in [6, 6.07) is 5.99. The summed E-state index contributed by atoms with van der Waals surface area (Å²) < 4.78 is 29.0. The van der Waals surface area contributed by atoms with Crippen LogP contribution in [0, 0.1) is 6.92 Å². The van der Waals surface area contributed by atoms with Gasteiger partial charge in [0.15, 0.2) is 11.7 Å². The number of amides is 1. The van der Waals surface area contributed by atoms with E-state index in [4.69, 9.17) is 9.88 Å². The van der Waals surface area contributed by atoms with Crippen LogP contribution < -0.4 is 15.4 Å². The van der Waals surface area contributed by atoms with Crippen molar-refractivity contribution in [3.05, 3.63) is 34.7 Å². The van der Waals surface area contributed by atoms with Crippen molar-refractivity contribution in [2.24, 2.45) is 5.14 Å². The number of aryl methyl sites for hydroxylation is 1. The van der Waals surface area contributed by atoms with Crippen LogP contribution in [0.2, 0.25) is 0 Å². The summed E-state index contributed by atoms with van der Waals surface area (Å²) in [6.45, 7) is 1.08. The first kappa shape index (κ1) is 21.2. The van der Waals surface area contributed by atoms with Crippen LogP contribution in [-0.4, -0.2) is 46.0 Å². The molecule has 0 saturated carbocycles. The summed E-state index contributed by atoms with van der Waals surface area (Å²) in [7, 11) is -0.143. The molecule has 154 valence electrons. The van der Waals surface area contributed by atoms with Crippen LogP contribution in [0.1, 0.15) is 15.2 Å². The number of nitrogens with two attached hydrogens (primary N) is 1. The Hall–Kier alpha value is -2.54. The number of fused-ring (bicyclic) bond motifs is 1. The number of benzene rings is 1. The van der Waals surface area contributed by atoms with Gasteiger partial charge in [0.25, 0.3) is 5.91 Å². The Morgan fingerprint density at radius 2 is 1.97 bits per heavy atom. The summed E-state index contributed by atoms with van der Waals surface area (Å²) in [4.78, 5) is 31.5. The van der Waals surface area contributed by atoms with Gasteiger partial charge in [-0.1, -0.05) is 17.4 Å². The van der Waals surface area contributed by atoms with E-state index in [2.05, 4.69) is 10.3 Å². The molecule has 0 saturated heterocycles. The van der Waals surface area contributed by atoms with Gasteiger partial charge in [0.1, 0.15) is 9.71 Å². The Bertz CT molecular complexity index is 1170. The van der Waals surface area contributed by atoms with Gasteiger partial charge in [0, 0.05) is 19.8 Å². The average molecular weight is 455 g/mol. The van der Waals surface area contributed by atoms with E-state index in [0.29, 0.717) is 10.4 Å². The van der Waals surface area contributed by atoms with Gasteiger partial charge in [-0.25, -0.2) is 23.3 Å². The molecule has 0 aliphatic heterocycles. The van der Waals surface area contributed by atoms with Crippen LogP contribution in [0.5, 0.6) is 0 Å². The molecule has 1 aromatic carbocycles. The number of hydrogen-bond acceptors (Lipinski definition) is 9. The minimum absolute atomic E-state index is 0.0875. The summed E-state index contributed by atoms with van der Waals surface area (Å²) in [5, 5.41) is 8.47. The third-order valence-corrected chi connectivity index (χ3v) is 7.14. The number of thiazole rings is 1. The fourth-order valence-corrected chi connectivity index (χ4v) is 5.23. The number of aromatic nitrogens is 1. The van der Waals surface area contributed by atoms with Crippen molar-refractivity contribution < 1.29 is 22.7 Å². The van der Waals surface area contributed by atoms with E-state index in [9.17, 15) is 18.0 Å². The van der Waals surface area contributed by atoms with Gasteiger partial charge < -0.3 is 15.0 Å². The molecule has 12 heteroatoms. The maximum absolute atomic E-state index is 12.2. The average Bonchev–Trinajstić information content (AvgIpc) is 3.19. The molecule has 0 unspecified atom stereocenters. The van der Waals surface area contributed by atoms with Crippen LogP contribution >= 0.6 is 22.7 Å². The largest absolute Gasteiger partial charge is 0.451 e. The van der Waals surface area contributed by atoms with Gasteiger partial charge in [-0.15, -0.1) is 11.3 Å². The molecule has 0 fully saturated rings. The Morgan fingerprint density at radius 1 is 1.24 bits per heavy atom. The molecular weight excluding hydrogens is 436 g/mol. The van der Waals surface area contributed by atoms with Gasteiger partial charge >= 0.3 is 5.97 Å². The second kappa shape index (κ2) is 8.06. The Morgan fingerprint density at radius 3 is 2.59 bits per heavy atom. The first-order valence-corrected chi connectivity index (χ1v) is 11.4. The number of sulfonamides is 1. The van der Waals surface area contributed by atoms with Crippen molar-refractivity contribution in [3.63, 3.8) is 0 Å². The number of thiophene rings is 1. The van der Waals surface area contributed by atoms with E-state index in [1.165, 1.54) is 40.9 Å². The minimum atomic E-state index is -3.91. The van der Waals surface area contributed by atoms with E-state index in [1.807, 2.05) is 19.0 Å². The lowest BCUT2D eigenvalue weighted by Gasteiger charge is -2.09. The van der Waals surface area contributed by atoms with Gasteiger partial charge in [0.05, 0.1) is 9.60 Å². The number of carbonyl (C=O) groups excluding carboxylic acids is 2. The SMILES string of the molecule is Cc1ccc(NC(=O)COC(=O)c2cc3sc(N(C)C)nc3s2)cc1S(N)(=O)=O. The minimum Gasteiger partial charge on any atom is -0.451 e. The molecule has 0 radical (unpaired) electrons. The van der Waals surface area contributed by atoms with Crippen LogP contribution in [0.25, 0.3) is 9.53 Å². The van der Waals surface area contributed by atoms with E-state index in [0.717, 1.165) is 14.7 Å². The van der Waals surface area contributed by atoms with Crippen LogP contribution in [0.4, 0.5) is 10.8 Å². The Balaban J connectivity index is 1.62. The molecule has 0 aliphatic rings. The monoisotopic (exact) mass is 454 g/mol. The second-order valence-electron chi connectivity index (χ2n) is 6.32. The Labute approximate surface area is 175 Å². The van der Waals surface area contributed by atoms with E-state index in [-0.39, 0.29) is 10.6 Å². The van der Waals surface area contributed by atoms with Crippen LogP contribution in [-0.2, 0) is 19.6 Å². The van der Waals surface area contributed by atoms with Gasteiger partial charge in [-0.2, -0.15) is 0 Å². The first-order chi connectivity index (χ1) is 13.5. The highest BCUT2D eigenvalue weighted by molar-refractivity contribution is 7.89. The standard InChI is InChI=1S/C17H18N4O5S3/c1-9-4-5-10(6-13(9)29(18,24)25)19-14(22)8-26-16(23)12-7-11-15(27-12)20-17(28-11)21(2)3/h4-7H,8H2,1-3H3,(H,19,22)(H2,18,24,25). The van der Waals surface area contributed by atoms with E-state index < -0.39 is 28.5 Å². The normalized spacial score (nSPS) is 11.4. The third kappa shape index (κ3) is 4.90. The smallest absolute Gasteiger partial charge is 0.348 e. The number of hydrogen-bond donors (Lipinski definition) is 2. The molecule has 2 aromatic heterocycles. The fraction of sp³-hybridized carbons (Fsp3) is 0.235. The van der Waals surface area contributed by atoms with Crippen molar-refractivity contribution in [3.8, 4) is 0 Å². The highest BCUT2D eigenvalue weighted by Gasteiger charge is 2.18. The van der Waals surface area contributed by atoms with Crippen molar-refractivity contribution in [1.29, 1.82) is 0 Å². The van der Waals surface area contributed by atoms with Crippen molar-refractivity contribution in [2.45, 2.75) is 11.8 Å².